The molecule has 4 aliphatic rings. The maximum absolute atomic E-state index is 15.4. The van der Waals surface area contributed by atoms with Gasteiger partial charge in [-0.2, -0.15) is 23.5 Å². The summed E-state index contributed by atoms with van der Waals surface area (Å²) in [4.78, 5) is 140. The third-order valence-electron chi connectivity index (χ3n) is 18.0. The number of allylic oxidation sites excluding steroid dienone is 1. The molecule has 2 fully saturated rings. The predicted octanol–water partition coefficient (Wildman–Crippen LogP) is 2.71. The Morgan fingerprint density at radius 3 is 2.19 bits per heavy atom. The maximum Gasteiger partial charge on any atom is 0.246 e. The molecular weight excluding hydrogens is 1260 g/mol. The number of carbonyl (C=O) groups is 9. The number of fused-ring (bicyclic) bond motifs is 6. The molecule has 2 bridgehead atoms. The average Bonchev–Trinajstić information content (AvgIpc) is 1.72. The number of aromatic amines is 2. The first kappa shape index (κ1) is 71.1. The fraction of sp³-hybridized carbons (Fsp3) is 0.485. The quantitative estimate of drug-likeness (QED) is 0.0800. The van der Waals surface area contributed by atoms with Crippen LogP contribution < -0.4 is 47.7 Å². The number of aromatic nitrogens is 2. The number of ether oxygens (including phenoxy) is 1. The zero-order valence-corrected chi connectivity index (χ0v) is 55.6. The predicted molar refractivity (Wildman–Crippen MR) is 360 cm³/mol. The van der Waals surface area contributed by atoms with Crippen LogP contribution in [0.25, 0.3) is 17.0 Å². The van der Waals surface area contributed by atoms with Crippen molar-refractivity contribution in [2.45, 2.75) is 163 Å². The second-order valence-corrected chi connectivity index (χ2v) is 27.2. The molecule has 0 unspecified atom stereocenters. The Kier molecular flexibility index (Phi) is 24.6. The molecule has 95 heavy (non-hydrogen) atoms. The van der Waals surface area contributed by atoms with Crippen molar-refractivity contribution in [3.05, 3.63) is 130 Å². The number of aliphatic hydroxyl groups excluding tert-OH is 2. The fourth-order valence-electron chi connectivity index (χ4n) is 12.7. The van der Waals surface area contributed by atoms with Gasteiger partial charge in [-0.25, -0.2) is 4.39 Å². The van der Waals surface area contributed by atoms with E-state index in [0.717, 1.165) is 27.3 Å². The molecule has 3 aromatic carbocycles. The minimum atomic E-state index is -1.74. The molecule has 510 valence electrons. The molecule has 0 saturated carbocycles. The molecule has 2 aromatic heterocycles. The number of aliphatic hydroxyl groups is 2. The lowest BCUT2D eigenvalue weighted by atomic mass is 9.95. The second-order valence-electron chi connectivity index (χ2n) is 25.0. The van der Waals surface area contributed by atoms with E-state index >= 15 is 14.4 Å². The third-order valence-corrected chi connectivity index (χ3v) is 20.0. The number of amides is 9. The minimum Gasteiger partial charge on any atom is -0.497 e. The lowest BCUT2D eigenvalue weighted by molar-refractivity contribution is -0.147. The monoisotopic (exact) mass is 1350 g/mol. The van der Waals surface area contributed by atoms with Gasteiger partial charge in [0.25, 0.3) is 0 Å². The fourth-order valence-corrected chi connectivity index (χ4v) is 14.4. The number of nitrogens with two attached hydrogens (primary N) is 1. The van der Waals surface area contributed by atoms with Crippen molar-refractivity contribution < 1.29 is 62.5 Å². The van der Waals surface area contributed by atoms with Crippen molar-refractivity contribution >= 4 is 93.7 Å². The molecule has 3 aliphatic heterocycles. The van der Waals surface area contributed by atoms with Gasteiger partial charge in [-0.3, -0.25) is 43.2 Å². The molecule has 1 aliphatic carbocycles. The highest BCUT2D eigenvalue weighted by atomic mass is 32.2. The van der Waals surface area contributed by atoms with Crippen molar-refractivity contribution in [2.75, 3.05) is 44.8 Å². The summed E-state index contributed by atoms with van der Waals surface area (Å²) in [7, 11) is 1.51. The number of carbonyl (C=O) groups excluding carboxylic acids is 9. The van der Waals surface area contributed by atoms with Crippen LogP contribution in [0.3, 0.4) is 0 Å². The Morgan fingerprint density at radius 1 is 0.758 bits per heavy atom. The molecule has 24 nitrogen and oxygen atoms in total. The number of rotatable bonds is 12. The normalized spacial score (nSPS) is 25.7. The number of hydrogen-bond acceptors (Lipinski definition) is 15. The van der Waals surface area contributed by atoms with E-state index in [1.807, 2.05) is 30.4 Å². The van der Waals surface area contributed by atoms with Gasteiger partial charge in [-0.1, -0.05) is 42.5 Å². The van der Waals surface area contributed by atoms with Crippen molar-refractivity contribution in [3.8, 4) is 5.75 Å². The molecule has 9 amide bonds. The maximum atomic E-state index is 15.4. The van der Waals surface area contributed by atoms with E-state index in [0.29, 0.717) is 102 Å². The summed E-state index contributed by atoms with van der Waals surface area (Å²) in [6.45, 7) is 4.80. The molecule has 5 heterocycles. The zero-order valence-electron chi connectivity index (χ0n) is 53.9. The van der Waals surface area contributed by atoms with Gasteiger partial charge in [0.2, 0.25) is 53.2 Å². The smallest absolute Gasteiger partial charge is 0.246 e. The Morgan fingerprint density at radius 2 is 1.45 bits per heavy atom. The number of halogens is 1. The van der Waals surface area contributed by atoms with Crippen LogP contribution in [-0.4, -0.2) is 188 Å². The summed E-state index contributed by atoms with van der Waals surface area (Å²) in [5, 5.41) is 42.6. The molecule has 9 rings (SSSR count). The van der Waals surface area contributed by atoms with Gasteiger partial charge in [0.05, 0.1) is 19.3 Å². The summed E-state index contributed by atoms with van der Waals surface area (Å²) in [6.07, 6.45) is 5.99. The molecule has 0 spiro atoms. The van der Waals surface area contributed by atoms with E-state index in [9.17, 15) is 43.4 Å². The van der Waals surface area contributed by atoms with Crippen molar-refractivity contribution in [2.24, 2.45) is 5.73 Å². The van der Waals surface area contributed by atoms with Crippen LogP contribution in [0.2, 0.25) is 0 Å². The lowest BCUT2D eigenvalue weighted by Crippen LogP contribution is -2.63. The minimum absolute atomic E-state index is 0.0710. The average molecular weight is 1350 g/mol. The number of H-pyrrole nitrogens is 2. The first-order valence-corrected chi connectivity index (χ1v) is 34.7. The van der Waals surface area contributed by atoms with Gasteiger partial charge in [0, 0.05) is 104 Å². The van der Waals surface area contributed by atoms with E-state index in [2.05, 4.69) is 53.3 Å². The summed E-state index contributed by atoms with van der Waals surface area (Å²) >= 11 is 3.17. The van der Waals surface area contributed by atoms with E-state index in [4.69, 9.17) is 10.5 Å². The molecule has 0 radical (unpaired) electrons. The molecule has 2 saturated heterocycles. The number of nitrogens with zero attached hydrogens (tertiary/aromatic N) is 2. The summed E-state index contributed by atoms with van der Waals surface area (Å²) < 4.78 is 20.3. The first-order valence-electron chi connectivity index (χ1n) is 32.4. The van der Waals surface area contributed by atoms with Crippen LogP contribution in [0.15, 0.2) is 85.2 Å². The van der Waals surface area contributed by atoms with E-state index in [1.165, 1.54) is 44.1 Å². The van der Waals surface area contributed by atoms with Crippen LogP contribution in [-0.2, 0) is 80.3 Å². The summed E-state index contributed by atoms with van der Waals surface area (Å²) in [5.74, 6) is -4.23. The van der Waals surface area contributed by atoms with Crippen molar-refractivity contribution in [1.29, 1.82) is 0 Å². The lowest BCUT2D eigenvalue weighted by Gasteiger charge is -2.37. The highest BCUT2D eigenvalue weighted by molar-refractivity contribution is 7.98. The third kappa shape index (κ3) is 18.2. The highest BCUT2D eigenvalue weighted by Gasteiger charge is 2.49. The number of benzene rings is 3. The van der Waals surface area contributed by atoms with Crippen LogP contribution in [0.1, 0.15) is 105 Å². The van der Waals surface area contributed by atoms with Gasteiger partial charge >= 0.3 is 0 Å². The number of methoxy groups -OCH3 is 1. The van der Waals surface area contributed by atoms with Crippen LogP contribution in [0.4, 0.5) is 4.39 Å². The van der Waals surface area contributed by atoms with Gasteiger partial charge in [0.1, 0.15) is 59.4 Å². The first-order chi connectivity index (χ1) is 45.6. The Hall–Kier alpha value is -8.24. The van der Waals surface area contributed by atoms with Crippen LogP contribution in [0, 0.1) is 5.82 Å². The van der Waals surface area contributed by atoms with E-state index in [1.54, 1.807) is 67.1 Å². The van der Waals surface area contributed by atoms with Gasteiger partial charge in [-0.05, 0) is 136 Å². The van der Waals surface area contributed by atoms with Crippen LogP contribution in [0.5, 0.6) is 5.75 Å². The van der Waals surface area contributed by atoms with E-state index < -0.39 is 114 Å². The summed E-state index contributed by atoms with van der Waals surface area (Å²) in [6, 6.07) is 9.04. The SMILES string of the molecule is COc1ccc(C[C@@H]2NC(=O)[C@@H]([C@H](C)O)NC(=O)[C@@H]3C[C@H](O)CN3C(=O)[C@H](Cc3c[nH]c4c3CC=C4)NC(=O)[C@H](Cc3c[nH]c4ccc(F)cc34)NC(=O)[C@@H](C)NC(=O)[C@H](CCCCN)NC(=O)CCSCc3cccc(c3)CSCCNC(=O)[C@]3(C)CCCN3C2=O)cc1. The van der Waals surface area contributed by atoms with Gasteiger partial charge < -0.3 is 77.7 Å². The van der Waals surface area contributed by atoms with Crippen molar-refractivity contribution in [3.63, 3.8) is 0 Å². The van der Waals surface area contributed by atoms with Crippen molar-refractivity contribution in [1.82, 2.24) is 57.0 Å². The molecular formula is C68H87FN12O12S2. The molecule has 5 aromatic rings. The highest BCUT2D eigenvalue weighted by Crippen LogP contribution is 2.32. The molecule has 27 heteroatoms. The Labute approximate surface area is 559 Å². The molecule has 10 atom stereocenters. The zero-order chi connectivity index (χ0) is 67.9. The number of nitrogens with one attached hydrogen (secondary N) is 9. The molecule has 13 N–H and O–H groups in total. The number of hydrogen-bond donors (Lipinski definition) is 12. The van der Waals surface area contributed by atoms with E-state index in [-0.39, 0.29) is 56.9 Å². The Bertz CT molecular complexity index is 3620. The second kappa shape index (κ2) is 32.9. The number of thioether (sulfide) groups is 2. The standard InChI is InChI=1S/C68H87FN12O12S2/c1-39-60(85)76-54(30-45-35-73-52-20-17-46(69)32-50(45)52)62(87)77-56(31-44-34-72-51-14-8-12-49(44)51)65(90)80-36-47(83)33-57(80)63(88)79-59(40(2)82)64(89)78-55(29-41-15-18-48(93-4)19-16-41)66(91)81-25-9-22-68(81,3)67(92)71-24-27-95-38-43-11-7-10-42(28-43)37-94-26-21-58(84)75-53(61(86)74-39)13-5-6-23-70/h7-8,10-11,14-20,28,32,34-35,39-40,47,53-57,59,72-73,82-83H,5-6,9,12-13,21-27,29-31,33,36-38,70H2,1-4H3,(H,71,92)(H,74,86)(H,75,84)(H,76,85)(H,77,87)(H,78,89)(H,79,88)/t39-,40+,47+,53+,54+,55+,56+,57+,59-,68+/m1/s1. The Balaban J connectivity index is 1.02. The van der Waals surface area contributed by atoms with Gasteiger partial charge in [-0.15, -0.1) is 0 Å². The summed E-state index contributed by atoms with van der Waals surface area (Å²) in [5.41, 5.74) is 10.4. The van der Waals surface area contributed by atoms with Crippen LogP contribution >= 0.6 is 23.5 Å². The number of unbranched alkanes of at least 4 members (excludes halogenated alkanes) is 1. The van der Waals surface area contributed by atoms with Gasteiger partial charge in [0.15, 0.2) is 0 Å². The topological polar surface area (TPSA) is 352 Å². The largest absolute Gasteiger partial charge is 0.497 e.